The Hall–Kier alpha value is -2.86. The molecule has 0 heteroatoms. The van der Waals surface area contributed by atoms with Crippen molar-refractivity contribution in [3.8, 4) is 11.1 Å². The van der Waals surface area contributed by atoms with Crippen LogP contribution in [-0.4, -0.2) is 0 Å². The van der Waals surface area contributed by atoms with Crippen molar-refractivity contribution in [3.63, 3.8) is 0 Å². The molecule has 3 aliphatic carbocycles. The lowest BCUT2D eigenvalue weighted by atomic mass is 9.81. The van der Waals surface area contributed by atoms with Crippen LogP contribution in [0, 0.1) is 11.8 Å². The predicted octanol–water partition coefficient (Wildman–Crippen LogP) is 10.8. The molecule has 0 heterocycles. The van der Waals surface area contributed by atoms with Crippen molar-refractivity contribution in [1.82, 2.24) is 0 Å². The maximum atomic E-state index is 4.62. The standard InChI is InChI=1S/C38H44/c1-27-10-6-14-31(21-20-27)28(2)34-17-7-11-29(23-34)22-30-24-35(32-12-4-3-5-13-32)26-36(25-30)38-19-9-16-33-15-8-18-37(33)38/h7-9,11,16-19,23-27,31-32H,2-6,10,12-15,20-22H2,1H3. The summed E-state index contributed by atoms with van der Waals surface area (Å²) in [5.74, 6) is 2.22. The summed E-state index contributed by atoms with van der Waals surface area (Å²) in [5.41, 5.74) is 12.8. The highest BCUT2D eigenvalue weighted by molar-refractivity contribution is 5.80. The number of allylic oxidation sites excluding steroid dienone is 2. The highest BCUT2D eigenvalue weighted by Crippen LogP contribution is 2.39. The number of benzene rings is 3. The number of hydrogen-bond acceptors (Lipinski definition) is 0. The molecular weight excluding hydrogens is 456 g/mol. The first-order chi connectivity index (χ1) is 18.6. The van der Waals surface area contributed by atoms with E-state index < -0.39 is 0 Å². The molecule has 3 aromatic carbocycles. The molecule has 0 bridgehead atoms. The summed E-state index contributed by atoms with van der Waals surface area (Å²) in [7, 11) is 0. The van der Waals surface area contributed by atoms with Gasteiger partial charge in [0.25, 0.3) is 0 Å². The van der Waals surface area contributed by atoms with Crippen LogP contribution in [0.25, 0.3) is 22.8 Å². The van der Waals surface area contributed by atoms with Gasteiger partial charge in [-0.3, -0.25) is 0 Å². The van der Waals surface area contributed by atoms with Gasteiger partial charge in [0.05, 0.1) is 0 Å². The van der Waals surface area contributed by atoms with Crippen LogP contribution in [0.3, 0.4) is 0 Å². The number of rotatable bonds is 6. The molecule has 0 spiro atoms. The predicted molar refractivity (Wildman–Crippen MR) is 164 cm³/mol. The van der Waals surface area contributed by atoms with E-state index in [2.05, 4.69) is 86.3 Å². The molecule has 2 atom stereocenters. The third kappa shape index (κ3) is 5.61. The summed E-state index contributed by atoms with van der Waals surface area (Å²) in [4.78, 5) is 0. The lowest BCUT2D eigenvalue weighted by molar-refractivity contribution is 0.443. The fourth-order valence-electron chi connectivity index (χ4n) is 7.38. The fourth-order valence-corrected chi connectivity index (χ4v) is 7.38. The molecule has 2 saturated carbocycles. The van der Waals surface area contributed by atoms with Gasteiger partial charge in [-0.2, -0.15) is 0 Å². The highest BCUT2D eigenvalue weighted by Gasteiger charge is 2.21. The van der Waals surface area contributed by atoms with Crippen LogP contribution in [-0.2, 0) is 12.8 Å². The quantitative estimate of drug-likeness (QED) is 0.295. The van der Waals surface area contributed by atoms with E-state index in [1.807, 2.05) is 0 Å². The van der Waals surface area contributed by atoms with Crippen molar-refractivity contribution in [2.45, 2.75) is 89.9 Å². The summed E-state index contributed by atoms with van der Waals surface area (Å²) < 4.78 is 0. The van der Waals surface area contributed by atoms with Crippen molar-refractivity contribution in [2.75, 3.05) is 0 Å². The molecule has 0 N–H and O–H groups in total. The van der Waals surface area contributed by atoms with Crippen molar-refractivity contribution in [2.24, 2.45) is 11.8 Å². The van der Waals surface area contributed by atoms with Crippen molar-refractivity contribution in [1.29, 1.82) is 0 Å². The van der Waals surface area contributed by atoms with Gasteiger partial charge in [0.1, 0.15) is 0 Å². The molecule has 0 nitrogen and oxygen atoms in total. The zero-order valence-electron chi connectivity index (χ0n) is 23.4. The molecule has 0 radical (unpaired) electrons. The second kappa shape index (κ2) is 11.5. The zero-order valence-corrected chi connectivity index (χ0v) is 23.4. The Morgan fingerprint density at radius 2 is 1.66 bits per heavy atom. The second-order valence-electron chi connectivity index (χ2n) is 12.5. The van der Waals surface area contributed by atoms with Crippen LogP contribution < -0.4 is 0 Å². The Balaban J connectivity index is 1.31. The van der Waals surface area contributed by atoms with Gasteiger partial charge < -0.3 is 0 Å². The Labute approximate surface area is 230 Å². The van der Waals surface area contributed by atoms with Gasteiger partial charge in [-0.25, -0.2) is 0 Å². The Bertz CT molecular complexity index is 1320. The third-order valence-electron chi connectivity index (χ3n) is 9.68. The minimum atomic E-state index is 0.643. The van der Waals surface area contributed by atoms with E-state index in [0.29, 0.717) is 11.8 Å². The lowest BCUT2D eigenvalue weighted by Crippen LogP contribution is -2.06. The molecule has 2 unspecified atom stereocenters. The molecule has 3 aromatic rings. The molecule has 0 aromatic heterocycles. The Kier molecular flexibility index (Phi) is 7.68. The zero-order chi connectivity index (χ0) is 25.9. The summed E-state index contributed by atoms with van der Waals surface area (Å²) in [5, 5.41) is 0. The van der Waals surface area contributed by atoms with E-state index in [1.165, 1.54) is 109 Å². The summed E-state index contributed by atoms with van der Waals surface area (Å²) >= 11 is 0. The number of fused-ring (bicyclic) bond motifs is 1. The minimum Gasteiger partial charge on any atom is -0.0950 e. The first kappa shape index (κ1) is 25.4. The maximum absolute atomic E-state index is 4.62. The lowest BCUT2D eigenvalue weighted by Gasteiger charge is -2.24. The molecule has 6 rings (SSSR count). The first-order valence-corrected chi connectivity index (χ1v) is 15.3. The maximum Gasteiger partial charge on any atom is -0.00252 e. The molecule has 3 aliphatic rings. The van der Waals surface area contributed by atoms with Crippen LogP contribution >= 0.6 is 0 Å². The van der Waals surface area contributed by atoms with E-state index in [9.17, 15) is 0 Å². The second-order valence-corrected chi connectivity index (χ2v) is 12.5. The van der Waals surface area contributed by atoms with Crippen LogP contribution in [0.5, 0.6) is 0 Å². The van der Waals surface area contributed by atoms with Crippen LogP contribution in [0.1, 0.15) is 110 Å². The largest absolute Gasteiger partial charge is 0.0950 e. The molecule has 0 saturated heterocycles. The molecule has 2 fully saturated rings. The minimum absolute atomic E-state index is 0.643. The van der Waals surface area contributed by atoms with Crippen molar-refractivity contribution in [3.05, 3.63) is 107 Å². The summed E-state index contributed by atoms with van der Waals surface area (Å²) in [6, 6.07) is 23.7. The van der Waals surface area contributed by atoms with Crippen LogP contribution in [0.2, 0.25) is 0 Å². The first-order valence-electron chi connectivity index (χ1n) is 15.3. The normalized spacial score (nSPS) is 21.7. The average Bonchev–Trinajstić information content (AvgIpc) is 3.34. The SMILES string of the molecule is C=C(c1cccc(Cc2cc(-c3cccc4c3C=CC4)cc(C3CCCCC3)c2)c1)C1CCCC(C)CC1. The molecule has 0 aliphatic heterocycles. The van der Waals surface area contributed by atoms with Gasteiger partial charge in [-0.15, -0.1) is 0 Å². The topological polar surface area (TPSA) is 0 Å². The molecule has 0 amide bonds. The Morgan fingerprint density at radius 3 is 2.55 bits per heavy atom. The van der Waals surface area contributed by atoms with E-state index in [0.717, 1.165) is 18.8 Å². The number of hydrogen-bond donors (Lipinski definition) is 0. The monoisotopic (exact) mass is 500 g/mol. The van der Waals surface area contributed by atoms with E-state index >= 15 is 0 Å². The smallest absolute Gasteiger partial charge is 0.00252 e. The van der Waals surface area contributed by atoms with Crippen molar-refractivity contribution < 1.29 is 0 Å². The highest BCUT2D eigenvalue weighted by atomic mass is 14.3. The Morgan fingerprint density at radius 1 is 0.789 bits per heavy atom. The molecule has 196 valence electrons. The van der Waals surface area contributed by atoms with Crippen molar-refractivity contribution >= 4 is 11.6 Å². The van der Waals surface area contributed by atoms with E-state index in [4.69, 9.17) is 0 Å². The molecular formula is C38H44. The van der Waals surface area contributed by atoms with Gasteiger partial charge in [-0.1, -0.05) is 125 Å². The van der Waals surface area contributed by atoms with Crippen LogP contribution in [0.4, 0.5) is 0 Å². The van der Waals surface area contributed by atoms with E-state index in [1.54, 1.807) is 5.56 Å². The van der Waals surface area contributed by atoms with Gasteiger partial charge in [0.15, 0.2) is 0 Å². The van der Waals surface area contributed by atoms with Crippen LogP contribution in [0.15, 0.2) is 73.3 Å². The third-order valence-corrected chi connectivity index (χ3v) is 9.68. The van der Waals surface area contributed by atoms with Gasteiger partial charge >= 0.3 is 0 Å². The fraction of sp³-hybridized carbons (Fsp3) is 0.421. The average molecular weight is 501 g/mol. The summed E-state index contributed by atoms with van der Waals surface area (Å²) in [6.07, 6.45) is 20.2. The molecule has 38 heavy (non-hydrogen) atoms. The summed E-state index contributed by atoms with van der Waals surface area (Å²) in [6.45, 7) is 7.04. The van der Waals surface area contributed by atoms with Gasteiger partial charge in [0, 0.05) is 0 Å². The van der Waals surface area contributed by atoms with E-state index in [-0.39, 0.29) is 0 Å². The van der Waals surface area contributed by atoms with Gasteiger partial charge in [0.2, 0.25) is 0 Å². The van der Waals surface area contributed by atoms with Gasteiger partial charge in [-0.05, 0) is 106 Å².